The molecular formula is C17H34Cl2N2O. The zero-order chi connectivity index (χ0) is 13.9. The Hall–Kier alpha value is 0.460. The van der Waals surface area contributed by atoms with Crippen LogP contribution in [-0.4, -0.2) is 39.4 Å². The third kappa shape index (κ3) is 4.73. The van der Waals surface area contributed by atoms with Gasteiger partial charge in [-0.25, -0.2) is 0 Å². The fourth-order valence-electron chi connectivity index (χ4n) is 4.61. The molecule has 22 heavy (non-hydrogen) atoms. The molecule has 0 bridgehead atoms. The van der Waals surface area contributed by atoms with Crippen molar-refractivity contribution in [2.45, 2.75) is 63.8 Å². The second kappa shape index (κ2) is 9.08. The first-order valence-electron chi connectivity index (χ1n) is 8.69. The van der Waals surface area contributed by atoms with Crippen molar-refractivity contribution in [2.75, 3.05) is 33.4 Å². The van der Waals surface area contributed by atoms with Crippen molar-refractivity contribution >= 4 is 24.8 Å². The summed E-state index contributed by atoms with van der Waals surface area (Å²) in [5.74, 6) is 0. The molecule has 0 unspecified atom stereocenters. The van der Waals surface area contributed by atoms with Crippen molar-refractivity contribution in [3.63, 3.8) is 0 Å². The van der Waals surface area contributed by atoms with Crippen LogP contribution < -0.4 is 10.6 Å². The lowest BCUT2D eigenvalue weighted by atomic mass is 9.66. The molecule has 0 amide bonds. The van der Waals surface area contributed by atoms with Gasteiger partial charge >= 0.3 is 0 Å². The molecule has 2 N–H and O–H groups in total. The zero-order valence-electron chi connectivity index (χ0n) is 14.0. The molecule has 3 nitrogen and oxygen atoms in total. The Balaban J connectivity index is 0.00000121. The smallest absolute Gasteiger partial charge is 0.0530 e. The van der Waals surface area contributed by atoms with Gasteiger partial charge in [0.2, 0.25) is 0 Å². The Labute approximate surface area is 148 Å². The highest BCUT2D eigenvalue weighted by Gasteiger charge is 2.39. The summed E-state index contributed by atoms with van der Waals surface area (Å²) in [6.07, 6.45) is 12.6. The summed E-state index contributed by atoms with van der Waals surface area (Å²) in [7, 11) is 1.85. The summed E-state index contributed by atoms with van der Waals surface area (Å²) in [5, 5.41) is 7.39. The van der Waals surface area contributed by atoms with Gasteiger partial charge in [0.15, 0.2) is 0 Å². The van der Waals surface area contributed by atoms with E-state index in [0.29, 0.717) is 10.8 Å². The molecule has 0 aromatic carbocycles. The third-order valence-electron chi connectivity index (χ3n) is 6.34. The minimum atomic E-state index is 0. The lowest BCUT2D eigenvalue weighted by Crippen LogP contribution is -2.48. The standard InChI is InChI=1S/C17H32N2O.2ClH/c1-20-14-17(5-2-6-17)13-19-15-3-7-16(8-4-15)9-11-18-12-10-16;;/h15,18-19H,2-14H2,1H3;2*1H. The van der Waals surface area contributed by atoms with Gasteiger partial charge in [-0.2, -0.15) is 0 Å². The summed E-state index contributed by atoms with van der Waals surface area (Å²) in [6, 6.07) is 0.768. The third-order valence-corrected chi connectivity index (χ3v) is 6.34. The maximum absolute atomic E-state index is 5.43. The summed E-state index contributed by atoms with van der Waals surface area (Å²) in [4.78, 5) is 0. The average molecular weight is 353 g/mol. The van der Waals surface area contributed by atoms with E-state index >= 15 is 0 Å². The predicted molar refractivity (Wildman–Crippen MR) is 97.5 cm³/mol. The molecule has 3 aliphatic rings. The van der Waals surface area contributed by atoms with Gasteiger partial charge in [-0.15, -0.1) is 24.8 Å². The number of nitrogens with one attached hydrogen (secondary N) is 2. The second-order valence-corrected chi connectivity index (χ2v) is 7.69. The van der Waals surface area contributed by atoms with E-state index in [0.717, 1.165) is 12.6 Å². The van der Waals surface area contributed by atoms with Crippen LogP contribution >= 0.6 is 24.8 Å². The number of piperidine rings is 1. The maximum Gasteiger partial charge on any atom is 0.0530 e. The van der Waals surface area contributed by atoms with Crippen molar-refractivity contribution in [3.8, 4) is 0 Å². The van der Waals surface area contributed by atoms with Gasteiger partial charge in [0, 0.05) is 25.1 Å². The van der Waals surface area contributed by atoms with Crippen molar-refractivity contribution < 1.29 is 4.74 Å². The Kier molecular flexibility index (Phi) is 8.46. The highest BCUT2D eigenvalue weighted by molar-refractivity contribution is 5.85. The SMILES string of the molecule is COCC1(CNC2CCC3(CCNCC3)CC2)CCC1.Cl.Cl. The fourth-order valence-corrected chi connectivity index (χ4v) is 4.61. The number of halogens is 2. The summed E-state index contributed by atoms with van der Waals surface area (Å²) in [6.45, 7) is 4.62. The first-order chi connectivity index (χ1) is 9.76. The van der Waals surface area contributed by atoms with Crippen molar-refractivity contribution in [3.05, 3.63) is 0 Å². The largest absolute Gasteiger partial charge is 0.384 e. The Bertz CT molecular complexity index is 308. The molecule has 0 aromatic rings. The quantitative estimate of drug-likeness (QED) is 0.793. The predicted octanol–water partition coefficient (Wildman–Crippen LogP) is 3.55. The molecule has 2 aliphatic carbocycles. The van der Waals surface area contributed by atoms with Crippen molar-refractivity contribution in [2.24, 2.45) is 10.8 Å². The number of rotatable bonds is 5. The molecular weight excluding hydrogens is 319 g/mol. The highest BCUT2D eigenvalue weighted by Crippen LogP contribution is 2.44. The lowest BCUT2D eigenvalue weighted by molar-refractivity contribution is 0.0125. The number of methoxy groups -OCH3 is 1. The first kappa shape index (κ1) is 20.5. The Morgan fingerprint density at radius 2 is 1.64 bits per heavy atom. The molecule has 5 heteroatoms. The van der Waals surface area contributed by atoms with Crippen LogP contribution in [-0.2, 0) is 4.74 Å². The molecule has 0 aromatic heterocycles. The second-order valence-electron chi connectivity index (χ2n) is 7.69. The minimum absolute atomic E-state index is 0. The maximum atomic E-state index is 5.43. The summed E-state index contributed by atoms with van der Waals surface area (Å²) < 4.78 is 5.43. The van der Waals surface area contributed by atoms with E-state index in [-0.39, 0.29) is 24.8 Å². The monoisotopic (exact) mass is 352 g/mol. The topological polar surface area (TPSA) is 33.3 Å². The molecule has 2 saturated carbocycles. The van der Waals surface area contributed by atoms with Crippen LogP contribution in [0.3, 0.4) is 0 Å². The lowest BCUT2D eigenvalue weighted by Gasteiger charge is -2.46. The van der Waals surface area contributed by atoms with Crippen LogP contribution in [0.4, 0.5) is 0 Å². The van der Waals surface area contributed by atoms with Crippen LogP contribution in [0.25, 0.3) is 0 Å². The minimum Gasteiger partial charge on any atom is -0.384 e. The summed E-state index contributed by atoms with van der Waals surface area (Å²) >= 11 is 0. The van der Waals surface area contributed by atoms with E-state index in [9.17, 15) is 0 Å². The van der Waals surface area contributed by atoms with Crippen molar-refractivity contribution in [1.82, 2.24) is 10.6 Å². The molecule has 1 spiro atoms. The van der Waals surface area contributed by atoms with E-state index in [1.165, 1.54) is 77.4 Å². The van der Waals surface area contributed by atoms with Gasteiger partial charge < -0.3 is 15.4 Å². The van der Waals surface area contributed by atoms with Crippen molar-refractivity contribution in [1.29, 1.82) is 0 Å². The van der Waals surface area contributed by atoms with E-state index in [2.05, 4.69) is 10.6 Å². The zero-order valence-corrected chi connectivity index (χ0v) is 15.6. The van der Waals surface area contributed by atoms with E-state index in [1.54, 1.807) is 0 Å². The number of hydrogen-bond acceptors (Lipinski definition) is 3. The van der Waals surface area contributed by atoms with Gasteiger partial charge in [0.1, 0.15) is 0 Å². The molecule has 1 saturated heterocycles. The van der Waals surface area contributed by atoms with E-state index in [4.69, 9.17) is 4.74 Å². The molecule has 1 heterocycles. The molecule has 1 aliphatic heterocycles. The van der Waals surface area contributed by atoms with Gasteiger partial charge in [-0.1, -0.05) is 6.42 Å². The van der Waals surface area contributed by atoms with Crippen LogP contribution in [0.1, 0.15) is 57.8 Å². The average Bonchev–Trinajstić information content (AvgIpc) is 2.44. The molecule has 132 valence electrons. The fraction of sp³-hybridized carbons (Fsp3) is 1.00. The van der Waals surface area contributed by atoms with Gasteiger partial charge in [-0.3, -0.25) is 0 Å². The molecule has 0 radical (unpaired) electrons. The van der Waals surface area contributed by atoms with E-state index in [1.807, 2.05) is 7.11 Å². The number of hydrogen-bond donors (Lipinski definition) is 2. The molecule has 0 atom stereocenters. The van der Waals surface area contributed by atoms with Gasteiger partial charge in [-0.05, 0) is 69.9 Å². The van der Waals surface area contributed by atoms with Gasteiger partial charge in [0.05, 0.1) is 6.61 Å². The highest BCUT2D eigenvalue weighted by atomic mass is 35.5. The number of ether oxygens (including phenoxy) is 1. The molecule has 3 rings (SSSR count). The first-order valence-corrected chi connectivity index (χ1v) is 8.69. The van der Waals surface area contributed by atoms with E-state index < -0.39 is 0 Å². The van der Waals surface area contributed by atoms with Crippen LogP contribution in [0, 0.1) is 10.8 Å². The van der Waals surface area contributed by atoms with Crippen LogP contribution in [0.2, 0.25) is 0 Å². The van der Waals surface area contributed by atoms with Crippen LogP contribution in [0.15, 0.2) is 0 Å². The van der Waals surface area contributed by atoms with Crippen LogP contribution in [0.5, 0.6) is 0 Å². The summed E-state index contributed by atoms with van der Waals surface area (Å²) in [5.41, 5.74) is 1.17. The Morgan fingerprint density at radius 1 is 1.00 bits per heavy atom. The molecule has 3 fully saturated rings. The normalized spacial score (nSPS) is 26.6. The van der Waals surface area contributed by atoms with Gasteiger partial charge in [0.25, 0.3) is 0 Å². The Morgan fingerprint density at radius 3 is 2.14 bits per heavy atom.